The summed E-state index contributed by atoms with van der Waals surface area (Å²) >= 11 is 0. The second-order valence-electron chi connectivity index (χ2n) is 5.56. The molecular weight excluding hydrogens is 214 g/mol. The molecule has 2 unspecified atom stereocenters. The molecule has 17 heavy (non-hydrogen) atoms. The van der Waals surface area contributed by atoms with Gasteiger partial charge in [0.25, 0.3) is 0 Å². The Kier molecular flexibility index (Phi) is 3.66. The molecule has 3 N–H and O–H groups in total. The molecule has 2 atom stereocenters. The van der Waals surface area contributed by atoms with E-state index in [-0.39, 0.29) is 6.04 Å². The highest BCUT2D eigenvalue weighted by atomic mass is 15.4. The summed E-state index contributed by atoms with van der Waals surface area (Å²) in [6.07, 6.45) is 2.07. The molecule has 0 radical (unpaired) electrons. The van der Waals surface area contributed by atoms with Gasteiger partial charge in [-0.1, -0.05) is 20.8 Å². The van der Waals surface area contributed by atoms with E-state index in [4.69, 9.17) is 5.73 Å². The van der Waals surface area contributed by atoms with Crippen molar-refractivity contribution in [1.82, 2.24) is 15.2 Å². The zero-order chi connectivity index (χ0) is 12.4. The minimum Gasteiger partial charge on any atom is -0.338 e. The number of hydrogen-bond donors (Lipinski definition) is 2. The molecule has 0 bridgehead atoms. The van der Waals surface area contributed by atoms with E-state index >= 15 is 0 Å². The Bertz CT molecular complexity index is 360. The highest BCUT2D eigenvalue weighted by molar-refractivity contribution is 5.30. The van der Waals surface area contributed by atoms with E-state index in [1.54, 1.807) is 0 Å². The summed E-state index contributed by atoms with van der Waals surface area (Å²) in [7, 11) is 0. The average molecular weight is 237 g/mol. The number of hydrogen-bond acceptors (Lipinski definition) is 4. The molecule has 1 aliphatic heterocycles. The van der Waals surface area contributed by atoms with Gasteiger partial charge in [0.05, 0.1) is 0 Å². The van der Waals surface area contributed by atoms with Gasteiger partial charge < -0.3 is 10.6 Å². The van der Waals surface area contributed by atoms with Gasteiger partial charge in [0.15, 0.2) is 0 Å². The standard InChI is InChI=1S/C12H23N5/c1-8(2)6-11-14-12(16-15-11)17-5-4-9(3)10(13)7-17/h8-10H,4-7,13H2,1-3H3,(H,14,15,16). The van der Waals surface area contributed by atoms with Crippen molar-refractivity contribution < 1.29 is 0 Å². The monoisotopic (exact) mass is 237 g/mol. The zero-order valence-electron chi connectivity index (χ0n) is 11.0. The first-order chi connectivity index (χ1) is 8.06. The number of aromatic amines is 1. The molecule has 2 heterocycles. The normalized spacial score (nSPS) is 25.6. The largest absolute Gasteiger partial charge is 0.338 e. The number of rotatable bonds is 3. The number of aromatic nitrogens is 3. The van der Waals surface area contributed by atoms with Crippen molar-refractivity contribution >= 4 is 5.95 Å². The molecular formula is C12H23N5. The van der Waals surface area contributed by atoms with Crippen LogP contribution in [0.2, 0.25) is 0 Å². The van der Waals surface area contributed by atoms with E-state index in [1.165, 1.54) is 0 Å². The molecule has 0 spiro atoms. The van der Waals surface area contributed by atoms with E-state index in [1.807, 2.05) is 0 Å². The van der Waals surface area contributed by atoms with Gasteiger partial charge in [-0.25, -0.2) is 0 Å². The van der Waals surface area contributed by atoms with Gasteiger partial charge in [0.2, 0.25) is 5.95 Å². The van der Waals surface area contributed by atoms with Gasteiger partial charge in [-0.05, 0) is 18.3 Å². The fourth-order valence-electron chi connectivity index (χ4n) is 2.19. The lowest BCUT2D eigenvalue weighted by Crippen LogP contribution is -2.48. The van der Waals surface area contributed by atoms with Gasteiger partial charge in [0, 0.05) is 25.6 Å². The van der Waals surface area contributed by atoms with Crippen LogP contribution in [-0.2, 0) is 6.42 Å². The maximum Gasteiger partial charge on any atom is 0.244 e. The molecule has 0 amide bonds. The van der Waals surface area contributed by atoms with Gasteiger partial charge in [-0.3, -0.25) is 5.10 Å². The fraction of sp³-hybridized carbons (Fsp3) is 0.833. The molecule has 5 nitrogen and oxygen atoms in total. The topological polar surface area (TPSA) is 70.8 Å². The predicted octanol–water partition coefficient (Wildman–Crippen LogP) is 1.18. The first-order valence-corrected chi connectivity index (χ1v) is 6.48. The number of nitrogens with zero attached hydrogens (tertiary/aromatic N) is 3. The van der Waals surface area contributed by atoms with E-state index < -0.39 is 0 Å². The minimum absolute atomic E-state index is 0.232. The Labute approximate surface area is 103 Å². The van der Waals surface area contributed by atoms with Crippen LogP contribution >= 0.6 is 0 Å². The molecule has 1 fully saturated rings. The molecule has 0 saturated carbocycles. The molecule has 5 heteroatoms. The highest BCUT2D eigenvalue weighted by Crippen LogP contribution is 2.19. The van der Waals surface area contributed by atoms with Crippen molar-refractivity contribution in [3.05, 3.63) is 5.82 Å². The van der Waals surface area contributed by atoms with Crippen LogP contribution < -0.4 is 10.6 Å². The third kappa shape index (κ3) is 2.97. The number of H-pyrrole nitrogens is 1. The van der Waals surface area contributed by atoms with Crippen molar-refractivity contribution in [2.45, 2.75) is 39.7 Å². The second kappa shape index (κ2) is 5.04. The van der Waals surface area contributed by atoms with Crippen molar-refractivity contribution in [1.29, 1.82) is 0 Å². The summed E-state index contributed by atoms with van der Waals surface area (Å²) in [6, 6.07) is 0.232. The molecule has 0 aliphatic carbocycles. The first-order valence-electron chi connectivity index (χ1n) is 6.48. The van der Waals surface area contributed by atoms with Crippen molar-refractivity contribution in [2.24, 2.45) is 17.6 Å². The zero-order valence-corrected chi connectivity index (χ0v) is 11.0. The second-order valence-corrected chi connectivity index (χ2v) is 5.56. The molecule has 1 saturated heterocycles. The summed E-state index contributed by atoms with van der Waals surface area (Å²) < 4.78 is 0. The van der Waals surface area contributed by atoms with Crippen LogP contribution in [0.1, 0.15) is 33.0 Å². The first kappa shape index (κ1) is 12.4. The van der Waals surface area contributed by atoms with Crippen LogP contribution in [0.3, 0.4) is 0 Å². The lowest BCUT2D eigenvalue weighted by molar-refractivity contribution is 0.376. The van der Waals surface area contributed by atoms with E-state index in [0.717, 1.165) is 37.7 Å². The van der Waals surface area contributed by atoms with E-state index in [2.05, 4.69) is 40.9 Å². The van der Waals surface area contributed by atoms with Crippen molar-refractivity contribution in [2.75, 3.05) is 18.0 Å². The van der Waals surface area contributed by atoms with Crippen LogP contribution in [0.25, 0.3) is 0 Å². The van der Waals surface area contributed by atoms with Gasteiger partial charge in [-0.15, -0.1) is 5.10 Å². The van der Waals surface area contributed by atoms with Crippen LogP contribution in [-0.4, -0.2) is 34.3 Å². The Balaban J connectivity index is 2.00. The number of nitrogens with one attached hydrogen (secondary N) is 1. The summed E-state index contributed by atoms with van der Waals surface area (Å²) in [5, 5.41) is 7.30. The van der Waals surface area contributed by atoms with Crippen LogP contribution in [0, 0.1) is 11.8 Å². The van der Waals surface area contributed by atoms with Gasteiger partial charge in [0.1, 0.15) is 5.82 Å². The fourth-order valence-corrected chi connectivity index (χ4v) is 2.19. The Morgan fingerprint density at radius 2 is 2.29 bits per heavy atom. The molecule has 1 aromatic rings. The van der Waals surface area contributed by atoms with Crippen LogP contribution in [0.15, 0.2) is 0 Å². The third-order valence-electron chi connectivity index (χ3n) is 3.42. The third-order valence-corrected chi connectivity index (χ3v) is 3.42. The van der Waals surface area contributed by atoms with Crippen LogP contribution in [0.4, 0.5) is 5.95 Å². The number of nitrogens with two attached hydrogens (primary N) is 1. The number of piperidine rings is 1. The summed E-state index contributed by atoms with van der Waals surface area (Å²) in [5.74, 6) is 2.98. The SMILES string of the molecule is CC(C)Cc1nc(N2CCC(C)C(N)C2)n[nH]1. The summed E-state index contributed by atoms with van der Waals surface area (Å²) in [6.45, 7) is 8.44. The maximum atomic E-state index is 6.09. The lowest BCUT2D eigenvalue weighted by Gasteiger charge is -2.34. The van der Waals surface area contributed by atoms with Gasteiger partial charge >= 0.3 is 0 Å². The Hall–Kier alpha value is -1.10. The van der Waals surface area contributed by atoms with Gasteiger partial charge in [-0.2, -0.15) is 4.98 Å². The van der Waals surface area contributed by atoms with Crippen molar-refractivity contribution in [3.8, 4) is 0 Å². The lowest BCUT2D eigenvalue weighted by atomic mass is 9.95. The minimum atomic E-state index is 0.232. The molecule has 1 aromatic heterocycles. The van der Waals surface area contributed by atoms with Crippen LogP contribution in [0.5, 0.6) is 0 Å². The Morgan fingerprint density at radius 1 is 1.53 bits per heavy atom. The quantitative estimate of drug-likeness (QED) is 0.828. The molecule has 1 aliphatic rings. The summed E-state index contributed by atoms with van der Waals surface area (Å²) in [4.78, 5) is 6.72. The average Bonchev–Trinajstić information content (AvgIpc) is 2.69. The molecule has 0 aromatic carbocycles. The highest BCUT2D eigenvalue weighted by Gasteiger charge is 2.25. The maximum absolute atomic E-state index is 6.09. The molecule has 2 rings (SSSR count). The molecule has 96 valence electrons. The summed E-state index contributed by atoms with van der Waals surface area (Å²) in [5.41, 5.74) is 6.09. The van der Waals surface area contributed by atoms with E-state index in [0.29, 0.717) is 11.8 Å². The van der Waals surface area contributed by atoms with E-state index in [9.17, 15) is 0 Å². The Morgan fingerprint density at radius 3 is 2.94 bits per heavy atom. The predicted molar refractivity (Wildman–Crippen MR) is 68.9 cm³/mol. The van der Waals surface area contributed by atoms with Crippen molar-refractivity contribution in [3.63, 3.8) is 0 Å². The smallest absolute Gasteiger partial charge is 0.244 e. The number of anilines is 1.